The number of allylic oxidation sites excluding steroid dienone is 1. The van der Waals surface area contributed by atoms with Crippen LogP contribution >= 0.6 is 11.3 Å². The molecule has 4 heteroatoms. The Bertz CT molecular complexity index is 536. The highest BCUT2D eigenvalue weighted by Gasteiger charge is 2.13. The van der Waals surface area contributed by atoms with Crippen LogP contribution in [-0.4, -0.2) is 18.1 Å². The van der Waals surface area contributed by atoms with Crippen molar-refractivity contribution in [2.24, 2.45) is 0 Å². The van der Waals surface area contributed by atoms with Gasteiger partial charge < -0.3 is 9.72 Å². The quantitative estimate of drug-likeness (QED) is 0.792. The van der Waals surface area contributed by atoms with E-state index in [1.54, 1.807) is 17.4 Å². The van der Waals surface area contributed by atoms with Crippen LogP contribution < -0.4 is 0 Å². The van der Waals surface area contributed by atoms with Crippen LogP contribution in [-0.2, 0) is 4.74 Å². The molecule has 2 aromatic rings. The molecule has 1 N–H and O–H groups in total. The van der Waals surface area contributed by atoms with Gasteiger partial charge in [0.25, 0.3) is 0 Å². The Balaban J connectivity index is 2.57. The molecule has 0 atom stereocenters. The molecule has 0 fully saturated rings. The maximum Gasteiger partial charge on any atom is 0.354 e. The normalized spacial score (nSPS) is 10.5. The van der Waals surface area contributed by atoms with E-state index in [4.69, 9.17) is 0 Å². The third-order valence-corrected chi connectivity index (χ3v) is 3.15. The maximum atomic E-state index is 11.3. The number of aromatic amines is 1. The largest absolute Gasteiger partial charge is 0.464 e. The highest BCUT2D eigenvalue weighted by atomic mass is 32.1. The minimum absolute atomic E-state index is 0.342. The van der Waals surface area contributed by atoms with Gasteiger partial charge in [0.15, 0.2) is 0 Å². The number of methoxy groups -OCH3 is 1. The van der Waals surface area contributed by atoms with Gasteiger partial charge in [0.2, 0.25) is 0 Å². The number of hydrogen-bond donors (Lipinski definition) is 1. The molecule has 15 heavy (non-hydrogen) atoms. The lowest BCUT2D eigenvalue weighted by Crippen LogP contribution is -2.00. The van der Waals surface area contributed by atoms with Crippen molar-refractivity contribution in [3.8, 4) is 0 Å². The van der Waals surface area contributed by atoms with Crippen molar-refractivity contribution >= 4 is 33.1 Å². The second-order valence-corrected chi connectivity index (χ2v) is 4.25. The van der Waals surface area contributed by atoms with Crippen LogP contribution in [0.1, 0.15) is 23.0 Å². The van der Waals surface area contributed by atoms with E-state index in [1.165, 1.54) is 7.11 Å². The molecule has 0 saturated heterocycles. The molecule has 2 rings (SSSR count). The van der Waals surface area contributed by atoms with Crippen LogP contribution in [0.2, 0.25) is 0 Å². The number of aromatic nitrogens is 1. The average molecular weight is 221 g/mol. The molecule has 0 bridgehead atoms. The van der Waals surface area contributed by atoms with Crippen LogP contribution in [0.3, 0.4) is 0 Å². The van der Waals surface area contributed by atoms with Crippen LogP contribution in [0.5, 0.6) is 0 Å². The number of ether oxygens (including phenoxy) is 1. The number of H-pyrrole nitrogens is 1. The van der Waals surface area contributed by atoms with Crippen molar-refractivity contribution in [1.29, 1.82) is 0 Å². The summed E-state index contributed by atoms with van der Waals surface area (Å²) >= 11 is 1.59. The summed E-state index contributed by atoms with van der Waals surface area (Å²) in [5.41, 5.74) is 3.50. The molecule has 0 aliphatic rings. The van der Waals surface area contributed by atoms with E-state index in [-0.39, 0.29) is 5.97 Å². The van der Waals surface area contributed by atoms with Gasteiger partial charge in [0.05, 0.1) is 17.3 Å². The predicted octanol–water partition coefficient (Wildman–Crippen LogP) is 3.05. The van der Waals surface area contributed by atoms with Gasteiger partial charge >= 0.3 is 5.97 Å². The number of carbonyl (C=O) groups is 1. The van der Waals surface area contributed by atoms with Gasteiger partial charge in [-0.2, -0.15) is 0 Å². The van der Waals surface area contributed by atoms with Crippen LogP contribution in [0.15, 0.2) is 18.0 Å². The molecular weight excluding hydrogens is 210 g/mol. The van der Waals surface area contributed by atoms with E-state index >= 15 is 0 Å². The Morgan fingerprint density at radius 1 is 1.60 bits per heavy atom. The number of fused-ring (bicyclic) bond motifs is 1. The molecule has 0 spiro atoms. The Hall–Kier alpha value is -1.55. The monoisotopic (exact) mass is 221 g/mol. The fourth-order valence-electron chi connectivity index (χ4n) is 1.44. The zero-order chi connectivity index (χ0) is 11.0. The van der Waals surface area contributed by atoms with Crippen molar-refractivity contribution in [3.63, 3.8) is 0 Å². The molecular formula is C11H11NO2S. The van der Waals surface area contributed by atoms with Crippen molar-refractivity contribution in [1.82, 2.24) is 4.98 Å². The van der Waals surface area contributed by atoms with Crippen molar-refractivity contribution < 1.29 is 9.53 Å². The molecule has 0 unspecified atom stereocenters. The molecule has 2 aromatic heterocycles. The standard InChI is InChI=1S/C11H11NO2S/c1-6(2)7-5-15-9-4-8(11(13)14-3)12-10(7)9/h4-5,12H,1H2,2-3H3. The number of thiophene rings is 1. The first-order valence-electron chi connectivity index (χ1n) is 4.48. The molecule has 3 nitrogen and oxygen atoms in total. The van der Waals surface area contributed by atoms with E-state index in [2.05, 4.69) is 16.3 Å². The van der Waals surface area contributed by atoms with Crippen molar-refractivity contribution in [3.05, 3.63) is 29.3 Å². The Kier molecular flexibility index (Phi) is 2.36. The smallest absolute Gasteiger partial charge is 0.354 e. The van der Waals surface area contributed by atoms with E-state index < -0.39 is 0 Å². The summed E-state index contributed by atoms with van der Waals surface area (Å²) in [6.45, 7) is 5.84. The zero-order valence-electron chi connectivity index (χ0n) is 8.59. The summed E-state index contributed by atoms with van der Waals surface area (Å²) in [6.07, 6.45) is 0. The van der Waals surface area contributed by atoms with E-state index in [1.807, 2.05) is 12.3 Å². The van der Waals surface area contributed by atoms with Gasteiger partial charge in [-0.25, -0.2) is 4.79 Å². The molecule has 0 aliphatic carbocycles. The van der Waals surface area contributed by atoms with Crippen LogP contribution in [0.4, 0.5) is 0 Å². The highest BCUT2D eigenvalue weighted by Crippen LogP contribution is 2.30. The second-order valence-electron chi connectivity index (χ2n) is 3.34. The van der Waals surface area contributed by atoms with Gasteiger partial charge in [0.1, 0.15) is 5.69 Å². The highest BCUT2D eigenvalue weighted by molar-refractivity contribution is 7.17. The third-order valence-electron chi connectivity index (χ3n) is 2.22. The summed E-state index contributed by atoms with van der Waals surface area (Å²) in [4.78, 5) is 14.3. The fraction of sp³-hybridized carbons (Fsp3) is 0.182. The Morgan fingerprint density at radius 3 is 2.93 bits per heavy atom. The Labute approximate surface area is 91.4 Å². The third kappa shape index (κ3) is 1.57. The first kappa shape index (κ1) is 9.98. The average Bonchev–Trinajstić information content (AvgIpc) is 2.73. The van der Waals surface area contributed by atoms with Gasteiger partial charge in [-0.1, -0.05) is 6.58 Å². The fourth-order valence-corrected chi connectivity index (χ4v) is 2.47. The van der Waals surface area contributed by atoms with Crippen LogP contribution in [0.25, 0.3) is 15.8 Å². The number of hydrogen-bond acceptors (Lipinski definition) is 3. The summed E-state index contributed by atoms with van der Waals surface area (Å²) < 4.78 is 5.70. The Morgan fingerprint density at radius 2 is 2.33 bits per heavy atom. The van der Waals surface area contributed by atoms with Crippen molar-refractivity contribution in [2.45, 2.75) is 6.92 Å². The molecule has 0 amide bonds. The minimum Gasteiger partial charge on any atom is -0.464 e. The maximum absolute atomic E-state index is 11.3. The zero-order valence-corrected chi connectivity index (χ0v) is 9.40. The summed E-state index contributed by atoms with van der Waals surface area (Å²) in [7, 11) is 1.37. The SMILES string of the molecule is C=C(C)c1csc2cc(C(=O)OC)[nH]c12. The van der Waals surface area contributed by atoms with Gasteiger partial charge in [0, 0.05) is 10.9 Å². The lowest BCUT2D eigenvalue weighted by atomic mass is 10.2. The van der Waals surface area contributed by atoms with Crippen LogP contribution in [0, 0.1) is 0 Å². The van der Waals surface area contributed by atoms with E-state index in [0.29, 0.717) is 5.69 Å². The topological polar surface area (TPSA) is 42.1 Å². The molecule has 78 valence electrons. The van der Waals surface area contributed by atoms with E-state index in [9.17, 15) is 4.79 Å². The number of carbonyl (C=O) groups excluding carboxylic acids is 1. The number of nitrogens with one attached hydrogen (secondary N) is 1. The van der Waals surface area contributed by atoms with Crippen molar-refractivity contribution in [2.75, 3.05) is 7.11 Å². The summed E-state index contributed by atoms with van der Waals surface area (Å²) in [5.74, 6) is -0.342. The first-order chi connectivity index (χ1) is 7.13. The number of esters is 1. The van der Waals surface area contributed by atoms with Gasteiger partial charge in [-0.15, -0.1) is 11.3 Å². The minimum atomic E-state index is -0.342. The summed E-state index contributed by atoms with van der Waals surface area (Å²) in [6, 6.07) is 1.80. The van der Waals surface area contributed by atoms with E-state index in [0.717, 1.165) is 21.4 Å². The molecule has 2 heterocycles. The predicted molar refractivity (Wildman–Crippen MR) is 62.2 cm³/mol. The molecule has 0 saturated carbocycles. The molecule has 0 radical (unpaired) electrons. The molecule has 0 aromatic carbocycles. The lowest BCUT2D eigenvalue weighted by Gasteiger charge is -1.95. The second kappa shape index (κ2) is 3.55. The first-order valence-corrected chi connectivity index (χ1v) is 5.36. The lowest BCUT2D eigenvalue weighted by molar-refractivity contribution is 0.0595. The summed E-state index contributed by atoms with van der Waals surface area (Å²) in [5, 5.41) is 2.03. The molecule has 0 aliphatic heterocycles. The van der Waals surface area contributed by atoms with Gasteiger partial charge in [-0.3, -0.25) is 0 Å². The number of rotatable bonds is 2. The van der Waals surface area contributed by atoms with Gasteiger partial charge in [-0.05, 0) is 18.6 Å².